The quantitative estimate of drug-likeness (QED) is 0.838. The topological polar surface area (TPSA) is 29.3 Å². The van der Waals surface area contributed by atoms with Crippen molar-refractivity contribution < 1.29 is 4.39 Å². The van der Waals surface area contributed by atoms with Crippen LogP contribution in [-0.2, 0) is 6.54 Å². The standard InChI is InChI=1S/C17H21FN2/c18-17-7-6-16(13(9-17)5-2-8-19)12-20-10-14-3-1-4-15(14)11-20/h6-7,9,14-15H,1,3-4,8,10-12,19H2. The molecule has 2 nitrogen and oxygen atoms in total. The molecule has 3 rings (SSSR count). The molecular formula is C17H21FN2. The Kier molecular flexibility index (Phi) is 4.05. The Labute approximate surface area is 120 Å². The second kappa shape index (κ2) is 5.95. The molecule has 106 valence electrons. The molecule has 2 atom stereocenters. The van der Waals surface area contributed by atoms with Crippen molar-refractivity contribution >= 4 is 0 Å². The van der Waals surface area contributed by atoms with Gasteiger partial charge in [-0.2, -0.15) is 0 Å². The van der Waals surface area contributed by atoms with Gasteiger partial charge in [0.2, 0.25) is 0 Å². The predicted molar refractivity (Wildman–Crippen MR) is 78.4 cm³/mol. The molecule has 1 saturated carbocycles. The molecular weight excluding hydrogens is 251 g/mol. The van der Waals surface area contributed by atoms with Crippen molar-refractivity contribution in [3.8, 4) is 11.8 Å². The second-order valence-corrected chi connectivity index (χ2v) is 5.95. The maximum atomic E-state index is 13.4. The first kappa shape index (κ1) is 13.6. The molecule has 0 spiro atoms. The molecule has 2 aliphatic rings. The number of nitrogens with two attached hydrogens (primary N) is 1. The summed E-state index contributed by atoms with van der Waals surface area (Å²) in [6.07, 6.45) is 4.15. The lowest BCUT2D eigenvalue weighted by Gasteiger charge is -2.17. The van der Waals surface area contributed by atoms with E-state index in [0.29, 0.717) is 6.54 Å². The van der Waals surface area contributed by atoms with Crippen molar-refractivity contribution in [1.29, 1.82) is 0 Å². The molecule has 0 radical (unpaired) electrons. The summed E-state index contributed by atoms with van der Waals surface area (Å²) in [7, 11) is 0. The van der Waals surface area contributed by atoms with Crippen LogP contribution < -0.4 is 5.73 Å². The molecule has 20 heavy (non-hydrogen) atoms. The van der Waals surface area contributed by atoms with Gasteiger partial charge in [-0.1, -0.05) is 24.3 Å². The highest BCUT2D eigenvalue weighted by Crippen LogP contribution is 2.38. The second-order valence-electron chi connectivity index (χ2n) is 5.95. The van der Waals surface area contributed by atoms with E-state index in [2.05, 4.69) is 16.7 Å². The zero-order valence-corrected chi connectivity index (χ0v) is 11.7. The lowest BCUT2D eigenvalue weighted by atomic mass is 10.0. The lowest BCUT2D eigenvalue weighted by Crippen LogP contribution is -2.21. The Balaban J connectivity index is 1.74. The van der Waals surface area contributed by atoms with Crippen LogP contribution >= 0.6 is 0 Å². The number of likely N-dealkylation sites (tertiary alicyclic amines) is 1. The van der Waals surface area contributed by atoms with E-state index in [-0.39, 0.29) is 5.82 Å². The highest BCUT2D eigenvalue weighted by atomic mass is 19.1. The summed E-state index contributed by atoms with van der Waals surface area (Å²) in [6, 6.07) is 4.92. The van der Waals surface area contributed by atoms with Crippen LogP contribution in [0.25, 0.3) is 0 Å². The van der Waals surface area contributed by atoms with Gasteiger partial charge in [0.1, 0.15) is 5.82 Å². The summed E-state index contributed by atoms with van der Waals surface area (Å²) < 4.78 is 13.4. The number of rotatable bonds is 2. The molecule has 1 saturated heterocycles. The summed E-state index contributed by atoms with van der Waals surface area (Å²) in [5.74, 6) is 7.36. The van der Waals surface area contributed by atoms with Crippen LogP contribution in [0.1, 0.15) is 30.4 Å². The van der Waals surface area contributed by atoms with Crippen molar-refractivity contribution in [2.75, 3.05) is 19.6 Å². The molecule has 0 aromatic heterocycles. The van der Waals surface area contributed by atoms with Crippen molar-refractivity contribution in [1.82, 2.24) is 4.90 Å². The lowest BCUT2D eigenvalue weighted by molar-refractivity contribution is 0.303. The highest BCUT2D eigenvalue weighted by Gasteiger charge is 2.35. The monoisotopic (exact) mass is 272 g/mol. The van der Waals surface area contributed by atoms with E-state index in [9.17, 15) is 4.39 Å². The largest absolute Gasteiger partial charge is 0.320 e. The fraction of sp³-hybridized carbons (Fsp3) is 0.529. The van der Waals surface area contributed by atoms with Gasteiger partial charge in [-0.15, -0.1) is 0 Å². The number of nitrogens with zero attached hydrogens (tertiary/aromatic N) is 1. The van der Waals surface area contributed by atoms with Crippen LogP contribution in [0.5, 0.6) is 0 Å². The summed E-state index contributed by atoms with van der Waals surface area (Å²) in [4.78, 5) is 2.50. The number of fused-ring (bicyclic) bond motifs is 1. The van der Waals surface area contributed by atoms with E-state index >= 15 is 0 Å². The molecule has 2 fully saturated rings. The highest BCUT2D eigenvalue weighted by molar-refractivity contribution is 5.42. The number of benzene rings is 1. The van der Waals surface area contributed by atoms with Gasteiger partial charge in [-0.25, -0.2) is 4.39 Å². The molecule has 1 aromatic carbocycles. The van der Waals surface area contributed by atoms with E-state index < -0.39 is 0 Å². The van der Waals surface area contributed by atoms with E-state index in [1.54, 1.807) is 0 Å². The van der Waals surface area contributed by atoms with E-state index in [0.717, 1.165) is 29.5 Å². The van der Waals surface area contributed by atoms with Gasteiger partial charge in [0, 0.05) is 25.2 Å². The normalized spacial score (nSPS) is 25.3. The van der Waals surface area contributed by atoms with Gasteiger partial charge in [-0.05, 0) is 42.4 Å². The van der Waals surface area contributed by atoms with Crippen molar-refractivity contribution in [3.05, 3.63) is 35.1 Å². The third-order valence-corrected chi connectivity index (χ3v) is 4.59. The minimum Gasteiger partial charge on any atom is -0.320 e. The molecule has 0 bridgehead atoms. The Morgan fingerprint density at radius 2 is 2.00 bits per heavy atom. The van der Waals surface area contributed by atoms with Gasteiger partial charge in [0.15, 0.2) is 0 Å². The van der Waals surface area contributed by atoms with Crippen LogP contribution in [0.4, 0.5) is 4.39 Å². The SMILES string of the molecule is NCC#Cc1cc(F)ccc1CN1CC2CCCC2C1. The maximum Gasteiger partial charge on any atom is 0.124 e. The molecule has 3 heteroatoms. The minimum absolute atomic E-state index is 0.228. The summed E-state index contributed by atoms with van der Waals surface area (Å²) in [5, 5.41) is 0. The first-order chi connectivity index (χ1) is 9.76. The number of hydrogen-bond donors (Lipinski definition) is 1. The summed E-state index contributed by atoms with van der Waals surface area (Å²) in [6.45, 7) is 3.56. The molecule has 2 unspecified atom stereocenters. The maximum absolute atomic E-state index is 13.4. The molecule has 2 N–H and O–H groups in total. The summed E-state index contributed by atoms with van der Waals surface area (Å²) >= 11 is 0. The predicted octanol–water partition coefficient (Wildman–Crippen LogP) is 2.37. The molecule has 1 aromatic rings. The van der Waals surface area contributed by atoms with E-state index in [1.807, 2.05) is 6.07 Å². The Bertz CT molecular complexity index is 532. The first-order valence-electron chi connectivity index (χ1n) is 7.46. The zero-order chi connectivity index (χ0) is 13.9. The molecule has 1 heterocycles. The first-order valence-corrected chi connectivity index (χ1v) is 7.46. The Hall–Kier alpha value is -1.37. The summed E-state index contributed by atoms with van der Waals surface area (Å²) in [5.41, 5.74) is 7.31. The van der Waals surface area contributed by atoms with Crippen molar-refractivity contribution in [3.63, 3.8) is 0 Å². The molecule has 0 amide bonds. The third-order valence-electron chi connectivity index (χ3n) is 4.59. The van der Waals surface area contributed by atoms with Gasteiger partial charge < -0.3 is 5.73 Å². The van der Waals surface area contributed by atoms with Crippen LogP contribution in [-0.4, -0.2) is 24.5 Å². The van der Waals surface area contributed by atoms with Gasteiger partial charge in [0.25, 0.3) is 0 Å². The van der Waals surface area contributed by atoms with E-state index in [1.165, 1.54) is 44.5 Å². The minimum atomic E-state index is -0.228. The molecule has 1 aliphatic carbocycles. The van der Waals surface area contributed by atoms with Crippen LogP contribution in [0, 0.1) is 29.5 Å². The van der Waals surface area contributed by atoms with Crippen LogP contribution in [0.2, 0.25) is 0 Å². The van der Waals surface area contributed by atoms with Gasteiger partial charge in [-0.3, -0.25) is 4.90 Å². The van der Waals surface area contributed by atoms with Crippen LogP contribution in [0.15, 0.2) is 18.2 Å². The van der Waals surface area contributed by atoms with E-state index in [4.69, 9.17) is 5.73 Å². The average molecular weight is 272 g/mol. The fourth-order valence-corrected chi connectivity index (χ4v) is 3.65. The van der Waals surface area contributed by atoms with Crippen molar-refractivity contribution in [2.45, 2.75) is 25.8 Å². The van der Waals surface area contributed by atoms with Crippen molar-refractivity contribution in [2.24, 2.45) is 17.6 Å². The zero-order valence-electron chi connectivity index (χ0n) is 11.7. The Morgan fingerprint density at radius 3 is 2.70 bits per heavy atom. The van der Waals surface area contributed by atoms with Gasteiger partial charge >= 0.3 is 0 Å². The fourth-order valence-electron chi connectivity index (χ4n) is 3.65. The average Bonchev–Trinajstić information content (AvgIpc) is 3.00. The van der Waals surface area contributed by atoms with Crippen LogP contribution in [0.3, 0.4) is 0 Å². The van der Waals surface area contributed by atoms with Gasteiger partial charge in [0.05, 0.1) is 6.54 Å². The number of hydrogen-bond acceptors (Lipinski definition) is 2. The number of halogens is 1. The third kappa shape index (κ3) is 2.87. The Morgan fingerprint density at radius 1 is 1.25 bits per heavy atom. The molecule has 1 aliphatic heterocycles. The smallest absolute Gasteiger partial charge is 0.124 e.